The Morgan fingerprint density at radius 2 is 2.09 bits per heavy atom. The molecule has 1 aliphatic heterocycles. The van der Waals surface area contributed by atoms with Crippen molar-refractivity contribution in [2.75, 3.05) is 18.6 Å². The van der Waals surface area contributed by atoms with Gasteiger partial charge in [0.2, 0.25) is 0 Å². The number of methoxy groups -OCH3 is 1. The zero-order chi connectivity index (χ0) is 16.5. The van der Waals surface area contributed by atoms with E-state index in [0.29, 0.717) is 29.7 Å². The summed E-state index contributed by atoms with van der Waals surface area (Å²) in [5, 5.41) is 2.71. The van der Waals surface area contributed by atoms with Crippen LogP contribution in [0.5, 0.6) is 0 Å². The lowest BCUT2D eigenvalue weighted by atomic mass is 10.1. The quantitative estimate of drug-likeness (QED) is 0.787. The minimum absolute atomic E-state index is 0.0387. The monoisotopic (exact) mass is 328 g/mol. The van der Waals surface area contributed by atoms with Crippen molar-refractivity contribution in [1.82, 2.24) is 10.3 Å². The van der Waals surface area contributed by atoms with E-state index in [9.17, 15) is 18.0 Å². The van der Waals surface area contributed by atoms with Gasteiger partial charge in [-0.2, -0.15) is 0 Å². The van der Waals surface area contributed by atoms with Crippen molar-refractivity contribution in [1.29, 1.82) is 0 Å². The van der Waals surface area contributed by atoms with Gasteiger partial charge in [-0.05, 0) is 25.3 Å². The van der Waals surface area contributed by atoms with Gasteiger partial charge in [0.1, 0.15) is 5.69 Å². The molecule has 22 heavy (non-hydrogen) atoms. The van der Waals surface area contributed by atoms with Gasteiger partial charge < -0.3 is 15.0 Å². The first-order valence-electron chi connectivity index (χ1n) is 7.10. The molecule has 1 amide bonds. The third-order valence-corrected chi connectivity index (χ3v) is 5.63. The molecule has 0 aliphatic carbocycles. The van der Waals surface area contributed by atoms with Crippen LogP contribution in [0.3, 0.4) is 0 Å². The molecule has 122 valence electrons. The Morgan fingerprint density at radius 1 is 1.41 bits per heavy atom. The highest BCUT2D eigenvalue weighted by Crippen LogP contribution is 2.21. The average Bonchev–Trinajstić information content (AvgIpc) is 2.97. The maximum atomic E-state index is 12.3. The number of carbonyl (C=O) groups excluding carboxylic acids is 2. The van der Waals surface area contributed by atoms with Gasteiger partial charge in [0.05, 0.1) is 24.2 Å². The zero-order valence-electron chi connectivity index (χ0n) is 12.9. The highest BCUT2D eigenvalue weighted by atomic mass is 32.2. The molecule has 1 aromatic rings. The van der Waals surface area contributed by atoms with Crippen LogP contribution in [0.15, 0.2) is 0 Å². The molecular formula is C14H20N2O5S. The second kappa shape index (κ2) is 6.12. The number of amides is 1. The fourth-order valence-corrected chi connectivity index (χ4v) is 4.37. The van der Waals surface area contributed by atoms with Crippen molar-refractivity contribution in [2.24, 2.45) is 0 Å². The van der Waals surface area contributed by atoms with E-state index in [4.69, 9.17) is 4.74 Å². The van der Waals surface area contributed by atoms with Crippen LogP contribution in [0, 0.1) is 6.92 Å². The first kappa shape index (κ1) is 16.5. The van der Waals surface area contributed by atoms with Crippen molar-refractivity contribution in [3.8, 4) is 0 Å². The number of hydrogen-bond acceptors (Lipinski definition) is 5. The summed E-state index contributed by atoms with van der Waals surface area (Å²) in [5.41, 5.74) is 1.80. The minimum atomic E-state index is -3.06. The molecule has 7 nitrogen and oxygen atoms in total. The molecule has 0 unspecified atom stereocenters. The number of aryl methyl sites for hydroxylation is 1. The molecule has 0 spiro atoms. The minimum Gasteiger partial charge on any atom is -0.465 e. The van der Waals surface area contributed by atoms with Crippen LogP contribution >= 0.6 is 0 Å². The Kier molecular flexibility index (Phi) is 4.60. The number of aromatic nitrogens is 1. The molecule has 2 N–H and O–H groups in total. The lowest BCUT2D eigenvalue weighted by Crippen LogP contribution is -2.36. The Morgan fingerprint density at radius 3 is 2.59 bits per heavy atom. The maximum absolute atomic E-state index is 12.3. The second-order valence-electron chi connectivity index (χ2n) is 5.40. The smallest absolute Gasteiger partial charge is 0.339 e. The molecule has 1 fully saturated rings. The first-order valence-corrected chi connectivity index (χ1v) is 8.92. The Hall–Kier alpha value is -1.83. The summed E-state index contributed by atoms with van der Waals surface area (Å²) in [6.07, 6.45) is 0.967. The van der Waals surface area contributed by atoms with Crippen molar-refractivity contribution >= 4 is 21.7 Å². The molecule has 1 atom stereocenters. The number of sulfone groups is 1. The van der Waals surface area contributed by atoms with Crippen LogP contribution in [0.1, 0.15) is 45.4 Å². The molecular weight excluding hydrogens is 308 g/mol. The van der Waals surface area contributed by atoms with E-state index in [1.807, 2.05) is 6.92 Å². The number of carbonyl (C=O) groups is 2. The topological polar surface area (TPSA) is 105 Å². The molecule has 0 bridgehead atoms. The standard InChI is InChI=1S/C14H20N2O5S/c1-4-10-11(14(18)21-3)8(2)12(16-10)13(17)15-9-5-6-22(19,20)7-9/h9,16H,4-7H2,1-3H3,(H,15,17)/t9-/m0/s1. The predicted octanol–water partition coefficient (Wildman–Crippen LogP) is 0.589. The largest absolute Gasteiger partial charge is 0.465 e. The third kappa shape index (κ3) is 3.16. The zero-order valence-corrected chi connectivity index (χ0v) is 13.7. The van der Waals surface area contributed by atoms with Crippen LogP contribution < -0.4 is 5.32 Å². The fourth-order valence-electron chi connectivity index (χ4n) is 2.70. The van der Waals surface area contributed by atoms with E-state index in [1.54, 1.807) is 6.92 Å². The molecule has 1 aliphatic rings. The van der Waals surface area contributed by atoms with Crippen LogP contribution in [0.2, 0.25) is 0 Å². The van der Waals surface area contributed by atoms with Gasteiger partial charge in [0, 0.05) is 11.7 Å². The van der Waals surface area contributed by atoms with Crippen LogP contribution in [0.4, 0.5) is 0 Å². The lowest BCUT2D eigenvalue weighted by Gasteiger charge is -2.10. The Bertz CT molecular complexity index is 705. The third-order valence-electron chi connectivity index (χ3n) is 3.87. The second-order valence-corrected chi connectivity index (χ2v) is 7.63. The van der Waals surface area contributed by atoms with Crippen LogP contribution in [-0.4, -0.2) is 49.9 Å². The van der Waals surface area contributed by atoms with Crippen molar-refractivity contribution in [3.63, 3.8) is 0 Å². The number of nitrogens with one attached hydrogen (secondary N) is 2. The number of aromatic amines is 1. The highest BCUT2D eigenvalue weighted by molar-refractivity contribution is 7.91. The molecule has 2 rings (SSSR count). The van der Waals surface area contributed by atoms with E-state index in [2.05, 4.69) is 10.3 Å². The van der Waals surface area contributed by atoms with Crippen LogP contribution in [-0.2, 0) is 21.0 Å². The molecule has 2 heterocycles. The molecule has 0 aromatic carbocycles. The normalized spacial score (nSPS) is 19.9. The highest BCUT2D eigenvalue weighted by Gasteiger charge is 2.31. The summed E-state index contributed by atoms with van der Waals surface area (Å²) in [4.78, 5) is 27.1. The first-order chi connectivity index (χ1) is 10.3. The average molecular weight is 328 g/mol. The fraction of sp³-hybridized carbons (Fsp3) is 0.571. The molecule has 0 saturated carbocycles. The molecule has 1 aromatic heterocycles. The Balaban J connectivity index is 2.24. The summed E-state index contributed by atoms with van der Waals surface area (Å²) in [7, 11) is -1.77. The van der Waals surface area contributed by atoms with E-state index in [0.717, 1.165) is 0 Å². The van der Waals surface area contributed by atoms with Crippen molar-refractivity contribution in [3.05, 3.63) is 22.5 Å². The molecule has 1 saturated heterocycles. The summed E-state index contributed by atoms with van der Waals surface area (Å²) in [6.45, 7) is 3.53. The summed E-state index contributed by atoms with van der Waals surface area (Å²) in [6, 6.07) is -0.383. The van der Waals surface area contributed by atoms with Crippen LogP contribution in [0.25, 0.3) is 0 Å². The van der Waals surface area contributed by atoms with Crippen molar-refractivity contribution < 1.29 is 22.7 Å². The van der Waals surface area contributed by atoms with Gasteiger partial charge >= 0.3 is 5.97 Å². The number of H-pyrrole nitrogens is 1. The summed E-state index contributed by atoms with van der Waals surface area (Å²) in [5.74, 6) is -0.837. The maximum Gasteiger partial charge on any atom is 0.339 e. The van der Waals surface area contributed by atoms with E-state index < -0.39 is 21.7 Å². The number of rotatable bonds is 4. The Labute approximate surface area is 129 Å². The van der Waals surface area contributed by atoms with Gasteiger partial charge in [-0.25, -0.2) is 13.2 Å². The molecule has 8 heteroatoms. The van der Waals surface area contributed by atoms with Gasteiger partial charge in [-0.15, -0.1) is 0 Å². The molecule has 0 radical (unpaired) electrons. The number of ether oxygens (including phenoxy) is 1. The number of esters is 1. The van der Waals surface area contributed by atoms with Gasteiger partial charge in [0.15, 0.2) is 9.84 Å². The van der Waals surface area contributed by atoms with E-state index in [-0.39, 0.29) is 23.2 Å². The van der Waals surface area contributed by atoms with E-state index in [1.165, 1.54) is 7.11 Å². The van der Waals surface area contributed by atoms with Gasteiger partial charge in [0.25, 0.3) is 5.91 Å². The summed E-state index contributed by atoms with van der Waals surface area (Å²) < 4.78 is 27.6. The van der Waals surface area contributed by atoms with Gasteiger partial charge in [-0.1, -0.05) is 6.92 Å². The van der Waals surface area contributed by atoms with Gasteiger partial charge in [-0.3, -0.25) is 4.79 Å². The number of hydrogen-bond donors (Lipinski definition) is 2. The predicted molar refractivity (Wildman–Crippen MR) is 80.8 cm³/mol. The SMILES string of the molecule is CCc1[nH]c(C(=O)N[C@H]2CCS(=O)(=O)C2)c(C)c1C(=O)OC. The summed E-state index contributed by atoms with van der Waals surface area (Å²) >= 11 is 0. The van der Waals surface area contributed by atoms with Crippen molar-refractivity contribution in [2.45, 2.75) is 32.7 Å². The van der Waals surface area contributed by atoms with E-state index >= 15 is 0 Å². The lowest BCUT2D eigenvalue weighted by molar-refractivity contribution is 0.0599.